The molecule has 0 aliphatic rings. The molecule has 1 rings (SSSR count). The first-order chi connectivity index (χ1) is 7.28. The Bertz CT molecular complexity index is 379. The standard InChI is InChI=1S/C13H16BrFO/c1-9(16)7-13(2,3)8-10-4-11(14)6-12(15)5-10/h4-6H,7-8H2,1-3H3. The molecule has 0 fully saturated rings. The van der Waals surface area contributed by atoms with E-state index >= 15 is 0 Å². The Hall–Kier alpha value is -0.700. The molecule has 0 aliphatic carbocycles. The minimum Gasteiger partial charge on any atom is -0.300 e. The molecule has 0 heterocycles. The Kier molecular flexibility index (Phi) is 4.25. The number of benzene rings is 1. The predicted octanol–water partition coefficient (Wildman–Crippen LogP) is 4.14. The van der Waals surface area contributed by atoms with Gasteiger partial charge in [-0.3, -0.25) is 0 Å². The average molecular weight is 287 g/mol. The van der Waals surface area contributed by atoms with Crippen molar-refractivity contribution in [1.29, 1.82) is 0 Å². The van der Waals surface area contributed by atoms with Crippen LogP contribution in [-0.2, 0) is 11.2 Å². The van der Waals surface area contributed by atoms with Crippen LogP contribution in [0, 0.1) is 11.2 Å². The minimum absolute atomic E-state index is 0.126. The molecule has 16 heavy (non-hydrogen) atoms. The molecule has 0 saturated carbocycles. The largest absolute Gasteiger partial charge is 0.300 e. The van der Waals surface area contributed by atoms with E-state index in [0.29, 0.717) is 12.8 Å². The number of ketones is 1. The molecule has 0 spiro atoms. The zero-order chi connectivity index (χ0) is 12.3. The van der Waals surface area contributed by atoms with Crippen LogP contribution in [0.2, 0.25) is 0 Å². The fourth-order valence-electron chi connectivity index (χ4n) is 2.00. The molecule has 0 bridgehead atoms. The lowest BCUT2D eigenvalue weighted by Gasteiger charge is -2.23. The van der Waals surface area contributed by atoms with Gasteiger partial charge < -0.3 is 4.79 Å². The third-order valence-corrected chi connectivity index (χ3v) is 2.79. The maximum atomic E-state index is 13.2. The Morgan fingerprint density at radius 3 is 2.50 bits per heavy atom. The van der Waals surface area contributed by atoms with Crippen molar-refractivity contribution in [1.82, 2.24) is 0 Å². The van der Waals surface area contributed by atoms with E-state index in [1.165, 1.54) is 12.1 Å². The van der Waals surface area contributed by atoms with Crippen LogP contribution in [-0.4, -0.2) is 5.78 Å². The van der Waals surface area contributed by atoms with Gasteiger partial charge in [-0.15, -0.1) is 0 Å². The van der Waals surface area contributed by atoms with Crippen LogP contribution in [0.5, 0.6) is 0 Å². The second-order valence-corrected chi connectivity index (χ2v) is 5.91. The van der Waals surface area contributed by atoms with Crippen LogP contribution in [0.15, 0.2) is 22.7 Å². The normalized spacial score (nSPS) is 11.6. The summed E-state index contributed by atoms with van der Waals surface area (Å²) in [6.07, 6.45) is 1.21. The molecule has 0 amide bonds. The van der Waals surface area contributed by atoms with Crippen LogP contribution in [0.4, 0.5) is 4.39 Å². The van der Waals surface area contributed by atoms with Crippen LogP contribution >= 0.6 is 15.9 Å². The summed E-state index contributed by atoms with van der Waals surface area (Å²) < 4.78 is 13.9. The molecule has 88 valence electrons. The van der Waals surface area contributed by atoms with Gasteiger partial charge in [0.2, 0.25) is 0 Å². The molecule has 1 aromatic rings. The van der Waals surface area contributed by atoms with Crippen molar-refractivity contribution in [2.24, 2.45) is 5.41 Å². The number of halogens is 2. The molecular formula is C13H16BrFO. The molecule has 0 radical (unpaired) electrons. The van der Waals surface area contributed by atoms with Gasteiger partial charge in [0.1, 0.15) is 11.6 Å². The number of Topliss-reactive ketones (excluding diaryl/α,β-unsaturated/α-hetero) is 1. The number of carbonyl (C=O) groups is 1. The maximum absolute atomic E-state index is 13.2. The van der Waals surface area contributed by atoms with Crippen molar-refractivity contribution >= 4 is 21.7 Å². The van der Waals surface area contributed by atoms with Crippen molar-refractivity contribution in [2.45, 2.75) is 33.6 Å². The molecule has 0 aromatic heterocycles. The SMILES string of the molecule is CC(=O)CC(C)(C)Cc1cc(F)cc(Br)c1. The summed E-state index contributed by atoms with van der Waals surface area (Å²) >= 11 is 3.26. The maximum Gasteiger partial charge on any atom is 0.130 e. The first-order valence-corrected chi connectivity index (χ1v) is 6.02. The van der Waals surface area contributed by atoms with E-state index in [-0.39, 0.29) is 17.0 Å². The second kappa shape index (κ2) is 5.09. The van der Waals surface area contributed by atoms with Gasteiger partial charge in [-0.05, 0) is 42.5 Å². The molecule has 0 unspecified atom stereocenters. The third-order valence-electron chi connectivity index (χ3n) is 2.33. The predicted molar refractivity (Wildman–Crippen MR) is 66.9 cm³/mol. The van der Waals surface area contributed by atoms with E-state index < -0.39 is 0 Å². The number of carbonyl (C=O) groups excluding carboxylic acids is 1. The summed E-state index contributed by atoms with van der Waals surface area (Å²) in [4.78, 5) is 11.1. The highest BCUT2D eigenvalue weighted by molar-refractivity contribution is 9.10. The van der Waals surface area contributed by atoms with Gasteiger partial charge in [-0.1, -0.05) is 29.8 Å². The van der Waals surface area contributed by atoms with E-state index in [1.54, 1.807) is 6.92 Å². The molecule has 1 nitrogen and oxygen atoms in total. The van der Waals surface area contributed by atoms with Crippen LogP contribution in [0.1, 0.15) is 32.8 Å². The molecule has 0 N–H and O–H groups in total. The van der Waals surface area contributed by atoms with Crippen molar-refractivity contribution < 1.29 is 9.18 Å². The molecule has 3 heteroatoms. The molecule has 0 aliphatic heterocycles. The first kappa shape index (κ1) is 13.4. The Morgan fingerprint density at radius 2 is 2.00 bits per heavy atom. The average Bonchev–Trinajstić information content (AvgIpc) is 1.95. The van der Waals surface area contributed by atoms with E-state index in [4.69, 9.17) is 0 Å². The smallest absolute Gasteiger partial charge is 0.130 e. The van der Waals surface area contributed by atoms with Gasteiger partial charge >= 0.3 is 0 Å². The van der Waals surface area contributed by atoms with Crippen molar-refractivity contribution in [3.63, 3.8) is 0 Å². The van der Waals surface area contributed by atoms with Gasteiger partial charge in [0.25, 0.3) is 0 Å². The summed E-state index contributed by atoms with van der Waals surface area (Å²) in [6.45, 7) is 5.63. The second-order valence-electron chi connectivity index (χ2n) is 5.00. The zero-order valence-corrected chi connectivity index (χ0v) is 11.4. The van der Waals surface area contributed by atoms with Gasteiger partial charge in [0.15, 0.2) is 0 Å². The Morgan fingerprint density at radius 1 is 1.38 bits per heavy atom. The Labute approximate surface area is 104 Å². The first-order valence-electron chi connectivity index (χ1n) is 5.23. The van der Waals surface area contributed by atoms with Gasteiger partial charge in [0, 0.05) is 10.9 Å². The van der Waals surface area contributed by atoms with Gasteiger partial charge in [-0.25, -0.2) is 4.39 Å². The van der Waals surface area contributed by atoms with Crippen LogP contribution in [0.3, 0.4) is 0 Å². The number of hydrogen-bond acceptors (Lipinski definition) is 1. The van der Waals surface area contributed by atoms with E-state index in [0.717, 1.165) is 10.0 Å². The number of rotatable bonds is 4. The molecule has 1 aromatic carbocycles. The summed E-state index contributed by atoms with van der Waals surface area (Å²) in [5, 5.41) is 0. The summed E-state index contributed by atoms with van der Waals surface area (Å²) in [5.74, 6) is -0.0801. The highest BCUT2D eigenvalue weighted by atomic mass is 79.9. The monoisotopic (exact) mass is 286 g/mol. The van der Waals surface area contributed by atoms with Gasteiger partial charge in [-0.2, -0.15) is 0 Å². The Balaban J connectivity index is 2.83. The topological polar surface area (TPSA) is 17.1 Å². The lowest BCUT2D eigenvalue weighted by Crippen LogP contribution is -2.18. The zero-order valence-electron chi connectivity index (χ0n) is 9.81. The quantitative estimate of drug-likeness (QED) is 0.813. The minimum atomic E-state index is -0.247. The molecular weight excluding hydrogens is 271 g/mol. The van der Waals surface area contributed by atoms with E-state index in [9.17, 15) is 9.18 Å². The van der Waals surface area contributed by atoms with Crippen molar-refractivity contribution in [3.05, 3.63) is 34.1 Å². The third kappa shape index (κ3) is 4.44. The summed E-state index contributed by atoms with van der Waals surface area (Å²) in [5.41, 5.74) is 0.789. The number of hydrogen-bond donors (Lipinski definition) is 0. The lowest BCUT2D eigenvalue weighted by molar-refractivity contribution is -0.118. The molecule has 0 saturated heterocycles. The van der Waals surface area contributed by atoms with Crippen LogP contribution in [0.25, 0.3) is 0 Å². The highest BCUT2D eigenvalue weighted by Gasteiger charge is 2.21. The molecule has 0 atom stereocenters. The lowest BCUT2D eigenvalue weighted by atomic mass is 9.81. The van der Waals surface area contributed by atoms with Crippen molar-refractivity contribution in [3.8, 4) is 0 Å². The fraction of sp³-hybridized carbons (Fsp3) is 0.462. The highest BCUT2D eigenvalue weighted by Crippen LogP contribution is 2.27. The fourth-order valence-corrected chi connectivity index (χ4v) is 2.51. The van der Waals surface area contributed by atoms with Crippen molar-refractivity contribution in [2.75, 3.05) is 0 Å². The van der Waals surface area contributed by atoms with Crippen LogP contribution < -0.4 is 0 Å². The van der Waals surface area contributed by atoms with Gasteiger partial charge in [0.05, 0.1) is 0 Å². The van der Waals surface area contributed by atoms with E-state index in [2.05, 4.69) is 15.9 Å². The summed E-state index contributed by atoms with van der Waals surface area (Å²) in [6, 6.07) is 4.85. The summed E-state index contributed by atoms with van der Waals surface area (Å²) in [7, 11) is 0. The van der Waals surface area contributed by atoms with E-state index in [1.807, 2.05) is 19.9 Å².